The zero-order chi connectivity index (χ0) is 20.1. The predicted octanol–water partition coefficient (Wildman–Crippen LogP) is 6.18. The Hall–Kier alpha value is -3.10. The number of allylic oxidation sites excluding steroid dienone is 4. The fraction of sp³-hybridized carbons (Fsp3) is 0.231. The predicted molar refractivity (Wildman–Crippen MR) is 111 cm³/mol. The fourth-order valence-corrected chi connectivity index (χ4v) is 3.11. The van der Waals surface area contributed by atoms with Gasteiger partial charge in [-0.3, -0.25) is 0 Å². The lowest BCUT2D eigenvalue weighted by molar-refractivity contribution is 0.577. The van der Waals surface area contributed by atoms with Crippen molar-refractivity contribution in [1.29, 1.82) is 0 Å². The van der Waals surface area contributed by atoms with Gasteiger partial charge in [0, 0.05) is 17.0 Å². The van der Waals surface area contributed by atoms with Gasteiger partial charge in [-0.1, -0.05) is 67.4 Å². The van der Waals surface area contributed by atoms with Gasteiger partial charge in [0.15, 0.2) is 0 Å². The molecule has 0 N–H and O–H groups in total. The molecule has 2 unspecified atom stereocenters. The summed E-state index contributed by atoms with van der Waals surface area (Å²) in [5.41, 5.74) is 3.78. The van der Waals surface area contributed by atoms with E-state index in [4.69, 9.17) is 0 Å². The lowest BCUT2D eigenvalue weighted by Crippen LogP contribution is -2.08. The highest BCUT2D eigenvalue weighted by atomic mass is 19.1. The zero-order valence-corrected chi connectivity index (χ0v) is 16.3. The Morgan fingerprint density at radius 2 is 1.75 bits per heavy atom. The second kappa shape index (κ2) is 8.73. The molecule has 2 aromatic rings. The van der Waals surface area contributed by atoms with Crippen LogP contribution in [0.5, 0.6) is 0 Å². The van der Waals surface area contributed by atoms with Crippen molar-refractivity contribution in [2.24, 2.45) is 11.8 Å². The standard InChI is InChI=1S/C26H22F2/c1-4-20-8-11-22(18(2)16-20)13-14-23-12-9-21(17-19(23)3)10-15-24-25(27)6-5-7-26(24)28/h5-9,11-12,16-18,22H,4H2,1-3H3. The van der Waals surface area contributed by atoms with Crippen LogP contribution >= 0.6 is 0 Å². The van der Waals surface area contributed by atoms with Crippen molar-refractivity contribution in [3.63, 3.8) is 0 Å². The van der Waals surface area contributed by atoms with Crippen molar-refractivity contribution in [2.45, 2.75) is 27.2 Å². The first-order chi connectivity index (χ1) is 13.5. The van der Waals surface area contributed by atoms with Crippen molar-refractivity contribution in [3.05, 3.63) is 94.1 Å². The molecule has 0 bridgehead atoms. The van der Waals surface area contributed by atoms with Crippen LogP contribution < -0.4 is 0 Å². The second-order valence-electron chi connectivity index (χ2n) is 6.98. The Kier molecular flexibility index (Phi) is 6.13. The van der Waals surface area contributed by atoms with Crippen LogP contribution in [0.4, 0.5) is 8.78 Å². The summed E-state index contributed by atoms with van der Waals surface area (Å²) in [5.74, 6) is 11.3. The van der Waals surface area contributed by atoms with E-state index in [-0.39, 0.29) is 11.5 Å². The Morgan fingerprint density at radius 1 is 1.00 bits per heavy atom. The number of hydrogen-bond acceptors (Lipinski definition) is 0. The average Bonchev–Trinajstić information content (AvgIpc) is 2.67. The topological polar surface area (TPSA) is 0 Å². The molecule has 2 heteroatoms. The van der Waals surface area contributed by atoms with Gasteiger partial charge in [0.2, 0.25) is 0 Å². The van der Waals surface area contributed by atoms with Crippen LogP contribution in [0, 0.1) is 54.1 Å². The van der Waals surface area contributed by atoms with Gasteiger partial charge in [-0.2, -0.15) is 0 Å². The monoisotopic (exact) mass is 372 g/mol. The molecule has 2 atom stereocenters. The number of rotatable bonds is 1. The van der Waals surface area contributed by atoms with E-state index in [1.54, 1.807) is 0 Å². The molecule has 0 aliphatic heterocycles. The highest BCUT2D eigenvalue weighted by Crippen LogP contribution is 2.23. The summed E-state index contributed by atoms with van der Waals surface area (Å²) in [5, 5.41) is 0. The molecular formula is C26H22F2. The maximum Gasteiger partial charge on any atom is 0.141 e. The van der Waals surface area contributed by atoms with E-state index in [2.05, 4.69) is 55.8 Å². The van der Waals surface area contributed by atoms with E-state index in [1.165, 1.54) is 23.8 Å². The summed E-state index contributed by atoms with van der Waals surface area (Å²) < 4.78 is 27.4. The van der Waals surface area contributed by atoms with E-state index in [1.807, 2.05) is 25.1 Å². The Morgan fingerprint density at radius 3 is 2.39 bits per heavy atom. The van der Waals surface area contributed by atoms with Gasteiger partial charge in [-0.05, 0) is 55.2 Å². The molecular weight excluding hydrogens is 350 g/mol. The van der Waals surface area contributed by atoms with E-state index < -0.39 is 11.6 Å². The van der Waals surface area contributed by atoms with Crippen molar-refractivity contribution >= 4 is 0 Å². The summed E-state index contributed by atoms with van der Waals surface area (Å²) in [6, 6.07) is 9.37. The van der Waals surface area contributed by atoms with Gasteiger partial charge in [-0.15, -0.1) is 0 Å². The number of halogens is 2. The van der Waals surface area contributed by atoms with Crippen LogP contribution in [0.15, 0.2) is 60.2 Å². The molecule has 0 nitrogen and oxygen atoms in total. The van der Waals surface area contributed by atoms with E-state index in [0.717, 1.165) is 17.5 Å². The number of aryl methyl sites for hydroxylation is 1. The molecule has 0 heterocycles. The molecule has 0 fully saturated rings. The molecule has 0 saturated heterocycles. The molecule has 2 aromatic carbocycles. The molecule has 0 radical (unpaired) electrons. The third-order valence-corrected chi connectivity index (χ3v) is 4.86. The van der Waals surface area contributed by atoms with Gasteiger partial charge < -0.3 is 0 Å². The maximum atomic E-state index is 13.7. The first-order valence-electron chi connectivity index (χ1n) is 9.45. The minimum absolute atomic E-state index is 0.207. The van der Waals surface area contributed by atoms with E-state index in [9.17, 15) is 8.78 Å². The molecule has 140 valence electrons. The molecule has 0 spiro atoms. The Labute approximate surface area is 166 Å². The fourth-order valence-electron chi connectivity index (χ4n) is 3.11. The molecule has 1 aliphatic carbocycles. The van der Waals surface area contributed by atoms with Crippen LogP contribution in [0.2, 0.25) is 0 Å². The van der Waals surface area contributed by atoms with Gasteiger partial charge in [0.1, 0.15) is 11.6 Å². The molecule has 1 aliphatic rings. The van der Waals surface area contributed by atoms with Crippen LogP contribution in [-0.4, -0.2) is 0 Å². The minimum Gasteiger partial charge on any atom is -0.206 e. The lowest BCUT2D eigenvalue weighted by atomic mass is 9.86. The number of hydrogen-bond donors (Lipinski definition) is 0. The first kappa shape index (κ1) is 19.7. The van der Waals surface area contributed by atoms with Crippen molar-refractivity contribution in [1.82, 2.24) is 0 Å². The maximum absolute atomic E-state index is 13.7. The van der Waals surface area contributed by atoms with Gasteiger partial charge >= 0.3 is 0 Å². The normalized spacial score (nSPS) is 17.8. The van der Waals surface area contributed by atoms with E-state index in [0.29, 0.717) is 11.5 Å². The van der Waals surface area contributed by atoms with Crippen LogP contribution in [0.25, 0.3) is 0 Å². The van der Waals surface area contributed by atoms with Gasteiger partial charge in [0.25, 0.3) is 0 Å². The van der Waals surface area contributed by atoms with E-state index >= 15 is 0 Å². The van der Waals surface area contributed by atoms with Crippen LogP contribution in [-0.2, 0) is 0 Å². The summed E-state index contributed by atoms with van der Waals surface area (Å²) in [4.78, 5) is 0. The molecule has 3 rings (SSSR count). The minimum atomic E-state index is -0.651. The average molecular weight is 372 g/mol. The number of benzene rings is 2. The quantitative estimate of drug-likeness (QED) is 0.524. The molecule has 28 heavy (non-hydrogen) atoms. The van der Waals surface area contributed by atoms with Crippen molar-refractivity contribution < 1.29 is 8.78 Å². The molecule has 0 saturated carbocycles. The third-order valence-electron chi connectivity index (χ3n) is 4.86. The third kappa shape index (κ3) is 4.59. The van der Waals surface area contributed by atoms with Crippen molar-refractivity contribution in [2.75, 3.05) is 0 Å². The molecule has 0 aromatic heterocycles. The first-order valence-corrected chi connectivity index (χ1v) is 9.45. The largest absolute Gasteiger partial charge is 0.206 e. The SMILES string of the molecule is CCC1=CC(C)C(C#Cc2ccc(C#Cc3c(F)cccc3F)cc2C)C=C1. The second-order valence-corrected chi connectivity index (χ2v) is 6.98. The van der Waals surface area contributed by atoms with Gasteiger partial charge in [-0.25, -0.2) is 8.78 Å². The summed E-state index contributed by atoms with van der Waals surface area (Å²) >= 11 is 0. The highest BCUT2D eigenvalue weighted by molar-refractivity contribution is 5.50. The zero-order valence-electron chi connectivity index (χ0n) is 16.3. The summed E-state index contributed by atoms with van der Waals surface area (Å²) in [7, 11) is 0. The Balaban J connectivity index is 1.79. The Bertz CT molecular complexity index is 1040. The summed E-state index contributed by atoms with van der Waals surface area (Å²) in [6.07, 6.45) is 7.66. The van der Waals surface area contributed by atoms with Crippen LogP contribution in [0.3, 0.4) is 0 Å². The lowest BCUT2D eigenvalue weighted by Gasteiger charge is -2.17. The van der Waals surface area contributed by atoms with Gasteiger partial charge in [0.05, 0.1) is 5.56 Å². The smallest absolute Gasteiger partial charge is 0.141 e. The van der Waals surface area contributed by atoms with Crippen LogP contribution in [0.1, 0.15) is 42.5 Å². The van der Waals surface area contributed by atoms with Crippen molar-refractivity contribution in [3.8, 4) is 23.7 Å². The summed E-state index contributed by atoms with van der Waals surface area (Å²) in [6.45, 7) is 6.31. The molecule has 0 amide bonds. The highest BCUT2D eigenvalue weighted by Gasteiger charge is 2.13.